The summed E-state index contributed by atoms with van der Waals surface area (Å²) in [5.74, 6) is -0.714. The standard InChI is InChI=1S/C18H23ClFN3O3/c19-13-3-4-15(14(20)12-13)21-17(24)5-6-22-7-9-23(10-8-22)18(25)16-2-1-11-26-16/h3-4,12,16H,1-2,5-11H2,(H,21,24). The minimum atomic E-state index is -0.549. The topological polar surface area (TPSA) is 61.9 Å². The van der Waals surface area contributed by atoms with E-state index in [9.17, 15) is 14.0 Å². The average molecular weight is 384 g/mol. The molecule has 0 spiro atoms. The Balaban J connectivity index is 1.39. The predicted octanol–water partition coefficient (Wildman–Crippen LogP) is 2.13. The Labute approximate surface area is 157 Å². The Morgan fingerprint density at radius 2 is 2.04 bits per heavy atom. The Hall–Kier alpha value is -1.70. The molecule has 1 aromatic rings. The third-order valence-electron chi connectivity index (χ3n) is 4.75. The highest BCUT2D eigenvalue weighted by molar-refractivity contribution is 6.30. The van der Waals surface area contributed by atoms with Gasteiger partial charge in [0.1, 0.15) is 11.9 Å². The molecule has 0 saturated carbocycles. The number of carbonyl (C=O) groups excluding carboxylic acids is 2. The summed E-state index contributed by atoms with van der Waals surface area (Å²) in [6, 6.07) is 4.15. The molecule has 0 radical (unpaired) electrons. The van der Waals surface area contributed by atoms with Crippen LogP contribution in [0.3, 0.4) is 0 Å². The summed E-state index contributed by atoms with van der Waals surface area (Å²) in [7, 11) is 0. The number of carbonyl (C=O) groups is 2. The quantitative estimate of drug-likeness (QED) is 0.846. The lowest BCUT2D eigenvalue weighted by molar-refractivity contribution is -0.142. The molecular formula is C18H23ClFN3O3. The van der Waals surface area contributed by atoms with Gasteiger partial charge in [0, 0.05) is 50.8 Å². The van der Waals surface area contributed by atoms with Gasteiger partial charge in [0.2, 0.25) is 5.91 Å². The van der Waals surface area contributed by atoms with Crippen molar-refractivity contribution in [2.24, 2.45) is 0 Å². The molecule has 2 heterocycles. The van der Waals surface area contributed by atoms with Crippen molar-refractivity contribution >= 4 is 29.1 Å². The molecule has 1 N–H and O–H groups in total. The van der Waals surface area contributed by atoms with Gasteiger partial charge in [0.15, 0.2) is 0 Å². The summed E-state index contributed by atoms with van der Waals surface area (Å²) in [5, 5.41) is 2.85. The van der Waals surface area contributed by atoms with Gasteiger partial charge in [-0.1, -0.05) is 11.6 Å². The molecule has 2 amide bonds. The number of piperazine rings is 1. The second-order valence-electron chi connectivity index (χ2n) is 6.59. The zero-order valence-electron chi connectivity index (χ0n) is 14.5. The molecule has 142 valence electrons. The molecule has 2 aliphatic heterocycles. The number of ether oxygens (including phenoxy) is 1. The molecule has 1 unspecified atom stereocenters. The third-order valence-corrected chi connectivity index (χ3v) is 4.98. The highest BCUT2D eigenvalue weighted by Gasteiger charge is 2.30. The van der Waals surface area contributed by atoms with Gasteiger partial charge in [-0.3, -0.25) is 14.5 Å². The number of halogens is 2. The van der Waals surface area contributed by atoms with Crippen LogP contribution in [-0.2, 0) is 14.3 Å². The molecule has 8 heteroatoms. The van der Waals surface area contributed by atoms with Crippen molar-refractivity contribution in [3.05, 3.63) is 29.0 Å². The Morgan fingerprint density at radius 1 is 1.27 bits per heavy atom. The zero-order chi connectivity index (χ0) is 18.5. The summed E-state index contributed by atoms with van der Waals surface area (Å²) >= 11 is 5.70. The predicted molar refractivity (Wildman–Crippen MR) is 96.7 cm³/mol. The minimum absolute atomic E-state index is 0.0816. The smallest absolute Gasteiger partial charge is 0.251 e. The van der Waals surface area contributed by atoms with Crippen LogP contribution in [0.15, 0.2) is 18.2 Å². The molecule has 2 fully saturated rings. The van der Waals surface area contributed by atoms with Crippen LogP contribution < -0.4 is 5.32 Å². The van der Waals surface area contributed by atoms with Gasteiger partial charge in [0.25, 0.3) is 5.91 Å². The Kier molecular flexibility index (Phi) is 6.45. The van der Waals surface area contributed by atoms with Crippen LogP contribution >= 0.6 is 11.6 Å². The molecule has 26 heavy (non-hydrogen) atoms. The van der Waals surface area contributed by atoms with E-state index in [1.54, 1.807) is 0 Å². The van der Waals surface area contributed by atoms with E-state index in [2.05, 4.69) is 10.2 Å². The van der Waals surface area contributed by atoms with E-state index in [1.165, 1.54) is 18.2 Å². The van der Waals surface area contributed by atoms with Crippen LogP contribution in [0.1, 0.15) is 19.3 Å². The maximum atomic E-state index is 13.7. The number of nitrogens with one attached hydrogen (secondary N) is 1. The monoisotopic (exact) mass is 383 g/mol. The largest absolute Gasteiger partial charge is 0.368 e. The van der Waals surface area contributed by atoms with Crippen LogP contribution in [0.25, 0.3) is 0 Å². The van der Waals surface area contributed by atoms with E-state index in [0.717, 1.165) is 25.9 Å². The fraction of sp³-hybridized carbons (Fsp3) is 0.556. The van der Waals surface area contributed by atoms with Crippen molar-refractivity contribution in [2.75, 3.05) is 44.6 Å². The SMILES string of the molecule is O=C(CCN1CCN(C(=O)C2CCCO2)CC1)Nc1ccc(Cl)cc1F. The molecule has 2 saturated heterocycles. The first kappa shape index (κ1) is 19.1. The highest BCUT2D eigenvalue weighted by Crippen LogP contribution is 2.19. The van der Waals surface area contributed by atoms with Gasteiger partial charge in [-0.2, -0.15) is 0 Å². The van der Waals surface area contributed by atoms with Crippen molar-refractivity contribution in [3.63, 3.8) is 0 Å². The molecule has 6 nitrogen and oxygen atoms in total. The van der Waals surface area contributed by atoms with Gasteiger partial charge < -0.3 is 15.0 Å². The van der Waals surface area contributed by atoms with Crippen LogP contribution in [0.4, 0.5) is 10.1 Å². The molecule has 1 aromatic carbocycles. The minimum Gasteiger partial charge on any atom is -0.368 e. The molecule has 2 aliphatic rings. The first-order valence-corrected chi connectivity index (χ1v) is 9.28. The molecular weight excluding hydrogens is 361 g/mol. The van der Waals surface area contributed by atoms with E-state index in [0.29, 0.717) is 26.2 Å². The Morgan fingerprint density at radius 3 is 2.69 bits per heavy atom. The number of anilines is 1. The van der Waals surface area contributed by atoms with E-state index >= 15 is 0 Å². The lowest BCUT2D eigenvalue weighted by atomic mass is 10.2. The maximum absolute atomic E-state index is 13.7. The number of nitrogens with zero attached hydrogens (tertiary/aromatic N) is 2. The third kappa shape index (κ3) is 4.93. The average Bonchev–Trinajstić information content (AvgIpc) is 3.17. The number of amides is 2. The summed E-state index contributed by atoms with van der Waals surface area (Å²) in [6.45, 7) is 3.98. The van der Waals surface area contributed by atoms with Crippen molar-refractivity contribution in [1.29, 1.82) is 0 Å². The molecule has 0 bridgehead atoms. The second kappa shape index (κ2) is 8.79. The molecule has 0 aromatic heterocycles. The molecule has 0 aliphatic carbocycles. The summed E-state index contributed by atoms with van der Waals surface area (Å²) in [6.07, 6.45) is 1.74. The maximum Gasteiger partial charge on any atom is 0.251 e. The van der Waals surface area contributed by atoms with Gasteiger partial charge in [-0.25, -0.2) is 4.39 Å². The van der Waals surface area contributed by atoms with Gasteiger partial charge >= 0.3 is 0 Å². The van der Waals surface area contributed by atoms with Crippen LogP contribution in [0.5, 0.6) is 0 Å². The van der Waals surface area contributed by atoms with Crippen molar-refractivity contribution < 1.29 is 18.7 Å². The van der Waals surface area contributed by atoms with E-state index < -0.39 is 5.82 Å². The van der Waals surface area contributed by atoms with Gasteiger partial charge in [-0.05, 0) is 31.0 Å². The van der Waals surface area contributed by atoms with E-state index in [-0.39, 0.29) is 35.0 Å². The first-order valence-electron chi connectivity index (χ1n) is 8.90. The first-order chi connectivity index (χ1) is 12.5. The lowest BCUT2D eigenvalue weighted by Gasteiger charge is -2.35. The number of rotatable bonds is 5. The van der Waals surface area contributed by atoms with Crippen molar-refractivity contribution in [2.45, 2.75) is 25.4 Å². The molecule has 1 atom stereocenters. The van der Waals surface area contributed by atoms with Crippen LogP contribution in [0, 0.1) is 5.82 Å². The van der Waals surface area contributed by atoms with E-state index in [4.69, 9.17) is 16.3 Å². The fourth-order valence-corrected chi connectivity index (χ4v) is 3.39. The zero-order valence-corrected chi connectivity index (χ0v) is 15.3. The van der Waals surface area contributed by atoms with Crippen LogP contribution in [0.2, 0.25) is 5.02 Å². The second-order valence-corrected chi connectivity index (χ2v) is 7.03. The van der Waals surface area contributed by atoms with Gasteiger partial charge in [-0.15, -0.1) is 0 Å². The number of hydrogen-bond acceptors (Lipinski definition) is 4. The van der Waals surface area contributed by atoms with E-state index in [1.807, 2.05) is 4.90 Å². The van der Waals surface area contributed by atoms with Crippen molar-refractivity contribution in [3.8, 4) is 0 Å². The van der Waals surface area contributed by atoms with Crippen molar-refractivity contribution in [1.82, 2.24) is 9.80 Å². The molecule has 3 rings (SSSR count). The number of benzene rings is 1. The summed E-state index contributed by atoms with van der Waals surface area (Å²) in [5.41, 5.74) is 0.131. The lowest BCUT2D eigenvalue weighted by Crippen LogP contribution is -2.51. The Bertz CT molecular complexity index is 659. The highest BCUT2D eigenvalue weighted by atomic mass is 35.5. The number of hydrogen-bond donors (Lipinski definition) is 1. The van der Waals surface area contributed by atoms with Crippen LogP contribution in [-0.4, -0.2) is 67.0 Å². The van der Waals surface area contributed by atoms with Gasteiger partial charge in [0.05, 0.1) is 5.69 Å². The fourth-order valence-electron chi connectivity index (χ4n) is 3.23. The normalized spacial score (nSPS) is 21.0. The summed E-state index contributed by atoms with van der Waals surface area (Å²) < 4.78 is 19.1. The summed E-state index contributed by atoms with van der Waals surface area (Å²) in [4.78, 5) is 28.3.